The monoisotopic (exact) mass is 283 g/mol. The van der Waals surface area contributed by atoms with Crippen LogP contribution in [0.5, 0.6) is 0 Å². The van der Waals surface area contributed by atoms with Crippen LogP contribution in [0.25, 0.3) is 11.1 Å². The molecule has 0 spiro atoms. The molecule has 0 aliphatic heterocycles. The summed E-state index contributed by atoms with van der Waals surface area (Å²) >= 11 is 0. The minimum atomic E-state index is -0.166. The average molecular weight is 283 g/mol. The second-order valence-corrected chi connectivity index (χ2v) is 5.91. The highest BCUT2D eigenvalue weighted by atomic mass is 19.1. The van der Waals surface area contributed by atoms with E-state index >= 15 is 0 Å². The Bertz CT molecular complexity index is 617. The van der Waals surface area contributed by atoms with E-state index in [2.05, 4.69) is 36.5 Å². The van der Waals surface area contributed by atoms with Gasteiger partial charge < -0.3 is 5.32 Å². The van der Waals surface area contributed by atoms with Gasteiger partial charge in [0.25, 0.3) is 0 Å². The molecule has 21 heavy (non-hydrogen) atoms. The zero-order chi connectivity index (χ0) is 14.7. The third-order valence-electron chi connectivity index (χ3n) is 4.01. The van der Waals surface area contributed by atoms with E-state index in [-0.39, 0.29) is 5.82 Å². The maximum atomic E-state index is 13.7. The van der Waals surface area contributed by atoms with E-state index in [9.17, 15) is 4.39 Å². The molecule has 1 aliphatic carbocycles. The minimum Gasteiger partial charge on any atom is -0.310 e. The van der Waals surface area contributed by atoms with Gasteiger partial charge in [-0.1, -0.05) is 43.7 Å². The van der Waals surface area contributed by atoms with Crippen LogP contribution in [0.2, 0.25) is 0 Å². The Hall–Kier alpha value is -1.67. The highest BCUT2D eigenvalue weighted by molar-refractivity contribution is 5.68. The van der Waals surface area contributed by atoms with Gasteiger partial charge in [0.1, 0.15) is 5.82 Å². The molecule has 0 heterocycles. The maximum Gasteiger partial charge on any atom is 0.123 e. The molecule has 1 N–H and O–H groups in total. The maximum absolute atomic E-state index is 13.7. The van der Waals surface area contributed by atoms with Crippen LogP contribution in [-0.4, -0.2) is 6.04 Å². The number of hydrogen-bond donors (Lipinski definition) is 1. The highest BCUT2D eigenvalue weighted by Crippen LogP contribution is 2.27. The van der Waals surface area contributed by atoms with Gasteiger partial charge in [-0.15, -0.1) is 0 Å². The van der Waals surface area contributed by atoms with Crippen LogP contribution in [0.15, 0.2) is 42.5 Å². The van der Waals surface area contributed by atoms with Crippen LogP contribution in [0.1, 0.15) is 37.3 Å². The molecule has 0 unspecified atom stereocenters. The second kappa shape index (κ2) is 6.40. The van der Waals surface area contributed by atoms with E-state index in [4.69, 9.17) is 0 Å². The summed E-state index contributed by atoms with van der Waals surface area (Å²) in [6.07, 6.45) is 4.73. The van der Waals surface area contributed by atoms with Crippen molar-refractivity contribution in [2.45, 2.75) is 45.2 Å². The third kappa shape index (κ3) is 3.70. The first-order chi connectivity index (χ1) is 10.3. The van der Waals surface area contributed by atoms with Gasteiger partial charge in [0.2, 0.25) is 0 Å². The number of hydrogen-bond acceptors (Lipinski definition) is 1. The first-order valence-corrected chi connectivity index (χ1v) is 7.87. The van der Waals surface area contributed by atoms with Crippen LogP contribution in [0.3, 0.4) is 0 Å². The van der Waals surface area contributed by atoms with E-state index < -0.39 is 0 Å². The van der Waals surface area contributed by atoms with Crippen molar-refractivity contribution in [1.29, 1.82) is 0 Å². The van der Waals surface area contributed by atoms with Gasteiger partial charge in [0, 0.05) is 12.6 Å². The van der Waals surface area contributed by atoms with Gasteiger partial charge in [-0.3, -0.25) is 0 Å². The zero-order valence-corrected chi connectivity index (χ0v) is 12.5. The highest BCUT2D eigenvalue weighted by Gasteiger charge is 2.20. The summed E-state index contributed by atoms with van der Waals surface area (Å²) in [6, 6.07) is 14.3. The summed E-state index contributed by atoms with van der Waals surface area (Å²) in [7, 11) is 0. The summed E-state index contributed by atoms with van der Waals surface area (Å²) in [4.78, 5) is 0. The minimum absolute atomic E-state index is 0.166. The van der Waals surface area contributed by atoms with Crippen molar-refractivity contribution in [3.05, 3.63) is 59.4 Å². The van der Waals surface area contributed by atoms with Crippen molar-refractivity contribution >= 4 is 0 Å². The summed E-state index contributed by atoms with van der Waals surface area (Å²) < 4.78 is 13.7. The van der Waals surface area contributed by atoms with Crippen molar-refractivity contribution < 1.29 is 4.39 Å². The van der Waals surface area contributed by atoms with E-state index in [0.717, 1.165) is 30.5 Å². The molecular weight excluding hydrogens is 261 g/mol. The molecular formula is C19H22FN. The molecule has 110 valence electrons. The largest absolute Gasteiger partial charge is 0.310 e. The van der Waals surface area contributed by atoms with E-state index in [1.165, 1.54) is 24.0 Å². The number of nitrogens with one attached hydrogen (secondary N) is 1. The molecule has 0 saturated heterocycles. The van der Waals surface area contributed by atoms with Gasteiger partial charge in [0.05, 0.1) is 0 Å². The van der Waals surface area contributed by atoms with Gasteiger partial charge >= 0.3 is 0 Å². The standard InChI is InChI=1S/C19H22FN/c1-2-4-14-5-3-6-15(11-14)19-12-17(20)8-7-16(19)13-21-18-9-10-18/h3,5-8,11-12,18,21H,2,4,9-10,13H2,1H3. The fourth-order valence-corrected chi connectivity index (χ4v) is 2.70. The van der Waals surface area contributed by atoms with Crippen LogP contribution >= 0.6 is 0 Å². The van der Waals surface area contributed by atoms with Gasteiger partial charge in [-0.05, 0) is 53.6 Å². The van der Waals surface area contributed by atoms with Crippen molar-refractivity contribution in [3.8, 4) is 11.1 Å². The number of aryl methyl sites for hydroxylation is 1. The van der Waals surface area contributed by atoms with Crippen molar-refractivity contribution in [2.75, 3.05) is 0 Å². The van der Waals surface area contributed by atoms with Crippen LogP contribution < -0.4 is 5.32 Å². The number of rotatable bonds is 6. The first kappa shape index (κ1) is 14.3. The van der Waals surface area contributed by atoms with E-state index in [1.54, 1.807) is 12.1 Å². The normalized spacial score (nSPS) is 14.4. The number of benzene rings is 2. The Morgan fingerprint density at radius 2 is 2.00 bits per heavy atom. The predicted octanol–water partition coefficient (Wildman–Crippen LogP) is 4.70. The van der Waals surface area contributed by atoms with E-state index in [1.807, 2.05) is 6.07 Å². The summed E-state index contributed by atoms with van der Waals surface area (Å²) in [5.74, 6) is -0.166. The summed E-state index contributed by atoms with van der Waals surface area (Å²) in [5.41, 5.74) is 4.63. The number of halogens is 1. The molecule has 2 aromatic carbocycles. The van der Waals surface area contributed by atoms with Crippen molar-refractivity contribution in [3.63, 3.8) is 0 Å². The van der Waals surface area contributed by atoms with Crippen LogP contribution in [-0.2, 0) is 13.0 Å². The zero-order valence-electron chi connectivity index (χ0n) is 12.5. The van der Waals surface area contributed by atoms with Gasteiger partial charge in [0.15, 0.2) is 0 Å². The molecule has 1 saturated carbocycles. The average Bonchev–Trinajstić information content (AvgIpc) is 3.31. The molecule has 2 heteroatoms. The Kier molecular flexibility index (Phi) is 4.35. The lowest BCUT2D eigenvalue weighted by molar-refractivity contribution is 0.625. The molecule has 0 aromatic heterocycles. The summed E-state index contributed by atoms with van der Waals surface area (Å²) in [5, 5.41) is 3.52. The SMILES string of the molecule is CCCc1cccc(-c2cc(F)ccc2CNC2CC2)c1. The topological polar surface area (TPSA) is 12.0 Å². The molecule has 1 fully saturated rings. The predicted molar refractivity (Wildman–Crippen MR) is 85.7 cm³/mol. The third-order valence-corrected chi connectivity index (χ3v) is 4.01. The lowest BCUT2D eigenvalue weighted by Gasteiger charge is -2.12. The van der Waals surface area contributed by atoms with Crippen molar-refractivity contribution in [2.24, 2.45) is 0 Å². The lowest BCUT2D eigenvalue weighted by Crippen LogP contribution is -2.16. The molecule has 3 rings (SSSR count). The summed E-state index contributed by atoms with van der Waals surface area (Å²) in [6.45, 7) is 3.00. The molecule has 1 aliphatic rings. The quantitative estimate of drug-likeness (QED) is 0.810. The Morgan fingerprint density at radius 1 is 1.14 bits per heavy atom. The fraction of sp³-hybridized carbons (Fsp3) is 0.368. The molecule has 2 aromatic rings. The van der Waals surface area contributed by atoms with Crippen LogP contribution in [0.4, 0.5) is 4.39 Å². The Morgan fingerprint density at radius 3 is 2.76 bits per heavy atom. The fourth-order valence-electron chi connectivity index (χ4n) is 2.70. The van der Waals surface area contributed by atoms with Gasteiger partial charge in [-0.2, -0.15) is 0 Å². The first-order valence-electron chi connectivity index (χ1n) is 7.87. The lowest BCUT2D eigenvalue weighted by atomic mass is 9.96. The Balaban J connectivity index is 1.90. The van der Waals surface area contributed by atoms with Crippen LogP contribution in [0, 0.1) is 5.82 Å². The van der Waals surface area contributed by atoms with Crippen molar-refractivity contribution in [1.82, 2.24) is 5.32 Å². The molecule has 1 nitrogen and oxygen atoms in total. The Labute approximate surface area is 126 Å². The molecule has 0 amide bonds. The smallest absolute Gasteiger partial charge is 0.123 e. The molecule has 0 radical (unpaired) electrons. The second-order valence-electron chi connectivity index (χ2n) is 5.91. The van der Waals surface area contributed by atoms with E-state index in [0.29, 0.717) is 6.04 Å². The molecule has 0 atom stereocenters. The van der Waals surface area contributed by atoms with Gasteiger partial charge in [-0.25, -0.2) is 4.39 Å². The molecule has 0 bridgehead atoms.